The maximum absolute atomic E-state index is 11.9. The molecular weight excluding hydrogens is 286 g/mol. The number of amides is 1. The zero-order chi connectivity index (χ0) is 16.5. The van der Waals surface area contributed by atoms with E-state index in [0.29, 0.717) is 0 Å². The van der Waals surface area contributed by atoms with Crippen molar-refractivity contribution in [3.05, 3.63) is 65.7 Å². The van der Waals surface area contributed by atoms with Crippen LogP contribution in [-0.2, 0) is 17.6 Å². The molecule has 0 aliphatic heterocycles. The Morgan fingerprint density at radius 1 is 1.04 bits per heavy atom. The Morgan fingerprint density at radius 3 is 2.39 bits per heavy atom. The van der Waals surface area contributed by atoms with E-state index < -0.39 is 0 Å². The Hall–Kier alpha value is -2.29. The quantitative estimate of drug-likeness (QED) is 0.806. The third-order valence-corrected chi connectivity index (χ3v) is 3.82. The molecule has 2 aromatic rings. The lowest BCUT2D eigenvalue weighted by atomic mass is 10.1. The number of hydrogen-bond acceptors (Lipinski definition) is 2. The average Bonchev–Trinajstić information content (AvgIpc) is 2.59. The van der Waals surface area contributed by atoms with Crippen LogP contribution in [0.2, 0.25) is 0 Å². The topological polar surface area (TPSA) is 38.3 Å². The minimum Gasteiger partial charge on any atom is -0.484 e. The van der Waals surface area contributed by atoms with E-state index in [1.807, 2.05) is 49.4 Å². The van der Waals surface area contributed by atoms with E-state index in [1.54, 1.807) is 0 Å². The molecule has 2 aromatic carbocycles. The minimum atomic E-state index is -0.0786. The lowest BCUT2D eigenvalue weighted by Gasteiger charge is -2.14. The number of hydrogen-bond donors (Lipinski definition) is 1. The summed E-state index contributed by atoms with van der Waals surface area (Å²) >= 11 is 0. The van der Waals surface area contributed by atoms with Crippen molar-refractivity contribution in [3.8, 4) is 5.75 Å². The Balaban J connectivity index is 1.69. The molecule has 1 atom stereocenters. The molecule has 122 valence electrons. The Bertz CT molecular complexity index is 593. The van der Waals surface area contributed by atoms with Crippen molar-refractivity contribution in [2.45, 2.75) is 39.2 Å². The van der Waals surface area contributed by atoms with Crippen LogP contribution in [0.5, 0.6) is 5.75 Å². The molecule has 2 rings (SSSR count). The number of rotatable bonds is 8. The maximum Gasteiger partial charge on any atom is 0.258 e. The molecule has 0 radical (unpaired) electrons. The van der Waals surface area contributed by atoms with Gasteiger partial charge in [-0.25, -0.2) is 0 Å². The fraction of sp³-hybridized carbons (Fsp3) is 0.350. The van der Waals surface area contributed by atoms with Crippen LogP contribution in [0.15, 0.2) is 54.6 Å². The lowest BCUT2D eigenvalue weighted by molar-refractivity contribution is -0.123. The Labute approximate surface area is 138 Å². The second kappa shape index (κ2) is 8.99. The Morgan fingerprint density at radius 2 is 1.74 bits per heavy atom. The summed E-state index contributed by atoms with van der Waals surface area (Å²) in [6, 6.07) is 18.3. The minimum absolute atomic E-state index is 0.0567. The van der Waals surface area contributed by atoms with Gasteiger partial charge in [-0.3, -0.25) is 4.79 Å². The van der Waals surface area contributed by atoms with E-state index in [1.165, 1.54) is 11.1 Å². The molecule has 0 bridgehead atoms. The molecule has 0 aliphatic carbocycles. The highest BCUT2D eigenvalue weighted by atomic mass is 16.5. The van der Waals surface area contributed by atoms with Crippen molar-refractivity contribution in [1.82, 2.24) is 5.32 Å². The van der Waals surface area contributed by atoms with E-state index in [2.05, 4.69) is 24.4 Å². The van der Waals surface area contributed by atoms with Crippen molar-refractivity contribution in [3.63, 3.8) is 0 Å². The van der Waals surface area contributed by atoms with Crippen LogP contribution in [-0.4, -0.2) is 18.6 Å². The predicted octanol–water partition coefficient (Wildman–Crippen LogP) is 3.77. The number of nitrogens with one attached hydrogen (secondary N) is 1. The number of carbonyl (C=O) groups is 1. The fourth-order valence-electron chi connectivity index (χ4n) is 2.39. The maximum atomic E-state index is 11.9. The average molecular weight is 311 g/mol. The largest absolute Gasteiger partial charge is 0.484 e. The highest BCUT2D eigenvalue weighted by Crippen LogP contribution is 2.12. The van der Waals surface area contributed by atoms with Crippen molar-refractivity contribution < 1.29 is 9.53 Å². The van der Waals surface area contributed by atoms with Gasteiger partial charge < -0.3 is 10.1 Å². The summed E-state index contributed by atoms with van der Waals surface area (Å²) in [5.74, 6) is 0.652. The van der Waals surface area contributed by atoms with Gasteiger partial charge in [0, 0.05) is 6.04 Å². The second-order valence-electron chi connectivity index (χ2n) is 5.78. The first-order chi connectivity index (χ1) is 11.2. The molecule has 1 amide bonds. The van der Waals surface area contributed by atoms with Gasteiger partial charge in [0.1, 0.15) is 5.75 Å². The summed E-state index contributed by atoms with van der Waals surface area (Å²) < 4.78 is 5.52. The van der Waals surface area contributed by atoms with E-state index in [-0.39, 0.29) is 18.6 Å². The van der Waals surface area contributed by atoms with Gasteiger partial charge in [0.15, 0.2) is 6.61 Å². The standard InChI is InChI=1S/C20H25NO2/c1-3-17-11-13-19(14-12-17)23-15-20(22)21-16(2)9-10-18-7-5-4-6-8-18/h4-8,11-14,16H,3,9-10,15H2,1-2H3,(H,21,22)/t16-/m0/s1. The van der Waals surface area contributed by atoms with E-state index in [0.717, 1.165) is 25.0 Å². The van der Waals surface area contributed by atoms with Crippen LogP contribution < -0.4 is 10.1 Å². The monoisotopic (exact) mass is 311 g/mol. The van der Waals surface area contributed by atoms with Gasteiger partial charge in [-0.1, -0.05) is 49.4 Å². The molecule has 0 heterocycles. The number of carbonyl (C=O) groups excluding carboxylic acids is 1. The van der Waals surface area contributed by atoms with Gasteiger partial charge in [-0.2, -0.15) is 0 Å². The first kappa shape index (κ1) is 17.1. The summed E-state index contributed by atoms with van der Waals surface area (Å²) in [5, 5.41) is 2.98. The Kier molecular flexibility index (Phi) is 6.67. The first-order valence-electron chi connectivity index (χ1n) is 8.22. The summed E-state index contributed by atoms with van der Waals surface area (Å²) in [7, 11) is 0. The molecule has 0 fully saturated rings. The van der Waals surface area contributed by atoms with Crippen LogP contribution in [0, 0.1) is 0 Å². The van der Waals surface area contributed by atoms with Crippen molar-refractivity contribution >= 4 is 5.91 Å². The van der Waals surface area contributed by atoms with Crippen LogP contribution in [0.3, 0.4) is 0 Å². The molecule has 3 heteroatoms. The van der Waals surface area contributed by atoms with Gasteiger partial charge in [0.25, 0.3) is 5.91 Å². The van der Waals surface area contributed by atoms with E-state index in [4.69, 9.17) is 4.74 Å². The normalized spacial score (nSPS) is 11.7. The van der Waals surface area contributed by atoms with Crippen molar-refractivity contribution in [2.24, 2.45) is 0 Å². The van der Waals surface area contributed by atoms with Gasteiger partial charge in [-0.15, -0.1) is 0 Å². The molecule has 3 nitrogen and oxygen atoms in total. The van der Waals surface area contributed by atoms with Crippen LogP contribution in [0.4, 0.5) is 0 Å². The molecule has 1 N–H and O–H groups in total. The first-order valence-corrected chi connectivity index (χ1v) is 8.22. The zero-order valence-corrected chi connectivity index (χ0v) is 13.9. The van der Waals surface area contributed by atoms with Crippen molar-refractivity contribution in [1.29, 1.82) is 0 Å². The molecule has 0 saturated carbocycles. The van der Waals surface area contributed by atoms with Gasteiger partial charge in [0.2, 0.25) is 0 Å². The van der Waals surface area contributed by atoms with Crippen molar-refractivity contribution in [2.75, 3.05) is 6.61 Å². The molecule has 0 aromatic heterocycles. The lowest BCUT2D eigenvalue weighted by Crippen LogP contribution is -2.36. The number of benzene rings is 2. The predicted molar refractivity (Wildman–Crippen MR) is 93.7 cm³/mol. The van der Waals surface area contributed by atoms with Gasteiger partial charge in [-0.05, 0) is 49.4 Å². The summed E-state index contributed by atoms with van der Waals surface area (Å²) in [6.45, 7) is 4.19. The highest BCUT2D eigenvalue weighted by Gasteiger charge is 2.08. The summed E-state index contributed by atoms with van der Waals surface area (Å²) in [5.41, 5.74) is 2.55. The summed E-state index contributed by atoms with van der Waals surface area (Å²) in [4.78, 5) is 11.9. The van der Waals surface area contributed by atoms with Gasteiger partial charge in [0.05, 0.1) is 0 Å². The smallest absolute Gasteiger partial charge is 0.258 e. The highest BCUT2D eigenvalue weighted by molar-refractivity contribution is 5.77. The molecule has 0 saturated heterocycles. The van der Waals surface area contributed by atoms with Crippen LogP contribution >= 0.6 is 0 Å². The van der Waals surface area contributed by atoms with Crippen LogP contribution in [0.1, 0.15) is 31.4 Å². The SMILES string of the molecule is CCc1ccc(OCC(=O)N[C@@H](C)CCc2ccccc2)cc1. The molecule has 23 heavy (non-hydrogen) atoms. The molecular formula is C20H25NO2. The molecule has 0 spiro atoms. The second-order valence-corrected chi connectivity index (χ2v) is 5.78. The fourth-order valence-corrected chi connectivity index (χ4v) is 2.39. The van der Waals surface area contributed by atoms with E-state index in [9.17, 15) is 4.79 Å². The van der Waals surface area contributed by atoms with Gasteiger partial charge >= 0.3 is 0 Å². The molecule has 0 aliphatic rings. The van der Waals surface area contributed by atoms with Crippen LogP contribution in [0.25, 0.3) is 0 Å². The summed E-state index contributed by atoms with van der Waals surface area (Å²) in [6.07, 6.45) is 2.88. The third kappa shape index (κ3) is 6.15. The number of aryl methyl sites for hydroxylation is 2. The third-order valence-electron chi connectivity index (χ3n) is 3.82. The molecule has 0 unspecified atom stereocenters. The zero-order valence-electron chi connectivity index (χ0n) is 13.9. The van der Waals surface area contributed by atoms with E-state index >= 15 is 0 Å². The number of ether oxygens (including phenoxy) is 1.